The monoisotopic (exact) mass is 470 g/mol. The van der Waals surface area contributed by atoms with Crippen LogP contribution in [0.15, 0.2) is 91.0 Å². The van der Waals surface area contributed by atoms with E-state index in [4.69, 9.17) is 21.5 Å². The van der Waals surface area contributed by atoms with Gasteiger partial charge in [-0.3, -0.25) is 0 Å². The lowest BCUT2D eigenvalue weighted by Crippen LogP contribution is -2.73. The fraction of sp³-hybridized carbons (Fsp3) is 0.217. The minimum Gasteiger partial charge on any atom is -0.426 e. The summed E-state index contributed by atoms with van der Waals surface area (Å²) in [7, 11) is -4.41. The van der Waals surface area contributed by atoms with Crippen molar-refractivity contribution in [3.63, 3.8) is 0 Å². The molecular formula is C23H30O5Si3. The summed E-state index contributed by atoms with van der Waals surface area (Å²) < 4.78 is 30.3. The van der Waals surface area contributed by atoms with Gasteiger partial charge >= 0.3 is 17.6 Å². The zero-order chi connectivity index (χ0) is 22.4. The van der Waals surface area contributed by atoms with Crippen LogP contribution in [-0.4, -0.2) is 47.3 Å². The molecule has 0 saturated heterocycles. The Kier molecular flexibility index (Phi) is 7.78. The highest BCUT2D eigenvalue weighted by Crippen LogP contribution is 2.22. The third-order valence-corrected chi connectivity index (χ3v) is 16.2. The van der Waals surface area contributed by atoms with E-state index in [1.165, 1.54) is 0 Å². The van der Waals surface area contributed by atoms with E-state index in [-0.39, 0.29) is 0 Å². The Morgan fingerprint density at radius 2 is 0.806 bits per heavy atom. The maximum Gasteiger partial charge on any atom is 0.669 e. The van der Waals surface area contributed by atoms with E-state index >= 15 is 0 Å². The molecular weight excluding hydrogens is 441 g/mol. The van der Waals surface area contributed by atoms with Gasteiger partial charge in [0.1, 0.15) is 0 Å². The van der Waals surface area contributed by atoms with Crippen LogP contribution < -0.4 is 15.6 Å². The van der Waals surface area contributed by atoms with Gasteiger partial charge in [0.25, 0.3) is 8.32 Å². The summed E-state index contributed by atoms with van der Waals surface area (Å²) in [6.45, 7) is 4.03. The van der Waals surface area contributed by atoms with Crippen LogP contribution in [-0.2, 0) is 21.5 Å². The summed E-state index contributed by atoms with van der Waals surface area (Å²) in [6, 6.07) is 31.3. The van der Waals surface area contributed by atoms with Gasteiger partial charge in [0, 0.05) is 21.3 Å². The molecule has 3 aromatic carbocycles. The van der Waals surface area contributed by atoms with Crippen molar-refractivity contribution in [3.8, 4) is 0 Å². The molecule has 5 nitrogen and oxygen atoms in total. The molecule has 0 bridgehead atoms. The standard InChI is InChI=1S/C23H30O5Si3/c1-24-31(25-2,26-3)28-29(4,5)27-30(21-15-9-6-10-16-21,22-17-11-7-12-18-22)23-19-13-8-14-20-23/h6-20H,1-5H3. The fourth-order valence-corrected chi connectivity index (χ4v) is 15.6. The minimum absolute atomic E-state index is 1.15. The predicted octanol–water partition coefficient (Wildman–Crippen LogP) is 2.76. The lowest BCUT2D eigenvalue weighted by molar-refractivity contribution is 0.0414. The second-order valence-electron chi connectivity index (χ2n) is 7.50. The van der Waals surface area contributed by atoms with Crippen molar-refractivity contribution in [2.45, 2.75) is 13.1 Å². The molecule has 0 spiro atoms. The van der Waals surface area contributed by atoms with Crippen LogP contribution in [0.25, 0.3) is 0 Å². The largest absolute Gasteiger partial charge is 0.669 e. The molecule has 3 aromatic rings. The van der Waals surface area contributed by atoms with Gasteiger partial charge in [-0.05, 0) is 28.7 Å². The van der Waals surface area contributed by atoms with Crippen LogP contribution in [0.5, 0.6) is 0 Å². The van der Waals surface area contributed by atoms with Crippen molar-refractivity contribution >= 4 is 41.5 Å². The van der Waals surface area contributed by atoms with Crippen LogP contribution in [0.3, 0.4) is 0 Å². The van der Waals surface area contributed by atoms with Crippen molar-refractivity contribution in [3.05, 3.63) is 91.0 Å². The maximum atomic E-state index is 7.20. The Hall–Kier alpha value is -1.89. The molecule has 0 aliphatic heterocycles. The van der Waals surface area contributed by atoms with Gasteiger partial charge in [-0.15, -0.1) is 0 Å². The second kappa shape index (κ2) is 10.2. The molecule has 0 aliphatic carbocycles. The number of rotatable bonds is 10. The molecule has 0 saturated carbocycles. The first-order valence-electron chi connectivity index (χ1n) is 10.1. The molecule has 0 aromatic heterocycles. The zero-order valence-electron chi connectivity index (χ0n) is 18.7. The zero-order valence-corrected chi connectivity index (χ0v) is 21.7. The average molecular weight is 471 g/mol. The summed E-state index contributed by atoms with van der Waals surface area (Å²) in [5.74, 6) is 0. The highest BCUT2D eigenvalue weighted by Gasteiger charge is 2.53. The molecule has 0 N–H and O–H groups in total. The molecule has 164 valence electrons. The molecule has 0 radical (unpaired) electrons. The van der Waals surface area contributed by atoms with Gasteiger partial charge in [0.15, 0.2) is 0 Å². The third kappa shape index (κ3) is 5.13. The summed E-state index contributed by atoms with van der Waals surface area (Å²) in [4.78, 5) is 0. The van der Waals surface area contributed by atoms with E-state index in [0.29, 0.717) is 0 Å². The number of hydrogen-bond acceptors (Lipinski definition) is 5. The molecule has 31 heavy (non-hydrogen) atoms. The molecule has 0 fully saturated rings. The molecule has 0 unspecified atom stereocenters. The van der Waals surface area contributed by atoms with Crippen molar-refractivity contribution in [1.29, 1.82) is 0 Å². The van der Waals surface area contributed by atoms with Crippen LogP contribution >= 0.6 is 0 Å². The van der Waals surface area contributed by atoms with Crippen molar-refractivity contribution in [2.24, 2.45) is 0 Å². The summed E-state index contributed by atoms with van der Waals surface area (Å²) in [5, 5.41) is 3.45. The van der Waals surface area contributed by atoms with E-state index in [9.17, 15) is 0 Å². The smallest absolute Gasteiger partial charge is 0.426 e. The first kappa shape index (κ1) is 23.8. The summed E-state index contributed by atoms with van der Waals surface area (Å²) in [5.41, 5.74) is 0. The maximum absolute atomic E-state index is 7.20. The first-order valence-corrected chi connectivity index (χ1v) is 16.5. The van der Waals surface area contributed by atoms with Gasteiger partial charge in [0.2, 0.25) is 0 Å². The van der Waals surface area contributed by atoms with Gasteiger partial charge in [0.05, 0.1) is 0 Å². The average Bonchev–Trinajstić information content (AvgIpc) is 2.83. The topological polar surface area (TPSA) is 46.2 Å². The van der Waals surface area contributed by atoms with Crippen molar-refractivity contribution < 1.29 is 21.5 Å². The Morgan fingerprint density at radius 3 is 1.10 bits per heavy atom. The van der Waals surface area contributed by atoms with Gasteiger partial charge in [-0.2, -0.15) is 0 Å². The Labute approximate surface area is 188 Å². The van der Waals surface area contributed by atoms with Crippen LogP contribution in [0.1, 0.15) is 0 Å². The van der Waals surface area contributed by atoms with Crippen LogP contribution in [0.4, 0.5) is 0 Å². The predicted molar refractivity (Wildman–Crippen MR) is 130 cm³/mol. The Morgan fingerprint density at radius 1 is 0.484 bits per heavy atom. The first-order chi connectivity index (χ1) is 14.9. The van der Waals surface area contributed by atoms with E-state index < -0.39 is 25.9 Å². The molecule has 0 heterocycles. The lowest BCUT2D eigenvalue weighted by atomic mass is 10.3. The molecule has 8 heteroatoms. The van der Waals surface area contributed by atoms with Gasteiger partial charge in [-0.1, -0.05) is 91.0 Å². The number of benzene rings is 3. The van der Waals surface area contributed by atoms with Gasteiger partial charge < -0.3 is 21.5 Å². The SMILES string of the molecule is CO[Si](OC)(OC)O[Si](C)(C)O[Si](c1ccccc1)(c1ccccc1)c1ccccc1. The van der Waals surface area contributed by atoms with E-state index in [0.717, 1.165) is 15.6 Å². The van der Waals surface area contributed by atoms with Crippen LogP contribution in [0.2, 0.25) is 13.1 Å². The highest BCUT2D eigenvalue weighted by atomic mass is 28.5. The lowest BCUT2D eigenvalue weighted by Gasteiger charge is -2.41. The summed E-state index contributed by atoms with van der Waals surface area (Å²) in [6.07, 6.45) is 0. The molecule has 0 amide bonds. The normalized spacial score (nSPS) is 12.7. The third-order valence-electron chi connectivity index (χ3n) is 5.06. The number of hydrogen-bond donors (Lipinski definition) is 0. The second-order valence-corrected chi connectivity index (χ2v) is 17.2. The molecule has 0 atom stereocenters. The van der Waals surface area contributed by atoms with E-state index in [2.05, 4.69) is 72.8 Å². The fourth-order valence-electron chi connectivity index (χ4n) is 3.76. The molecule has 0 aliphatic rings. The van der Waals surface area contributed by atoms with Crippen molar-refractivity contribution in [1.82, 2.24) is 0 Å². The van der Waals surface area contributed by atoms with Gasteiger partial charge in [-0.25, -0.2) is 0 Å². The van der Waals surface area contributed by atoms with E-state index in [1.54, 1.807) is 21.3 Å². The Balaban J connectivity index is 2.21. The Bertz CT molecular complexity index is 830. The van der Waals surface area contributed by atoms with Crippen LogP contribution in [0, 0.1) is 0 Å². The highest BCUT2D eigenvalue weighted by molar-refractivity contribution is 7.10. The quantitative estimate of drug-likeness (QED) is 0.337. The summed E-state index contributed by atoms with van der Waals surface area (Å²) >= 11 is 0. The van der Waals surface area contributed by atoms with E-state index in [1.807, 2.05) is 31.3 Å². The molecule has 3 rings (SSSR count). The minimum atomic E-state index is -3.30. The van der Waals surface area contributed by atoms with Crippen molar-refractivity contribution in [2.75, 3.05) is 21.3 Å².